The summed E-state index contributed by atoms with van der Waals surface area (Å²) in [6.07, 6.45) is -1.29. The molecule has 0 heterocycles. The van der Waals surface area contributed by atoms with E-state index in [1.54, 1.807) is 0 Å². The monoisotopic (exact) mass is 426 g/mol. The molecule has 8 nitrogen and oxygen atoms in total. The second kappa shape index (κ2) is 10.6. The number of hydrogen-bond acceptors (Lipinski definition) is 5. The Kier molecular flexibility index (Phi) is 7.61. The number of alkyl carbamates (subject to hydrolysis) is 1. The Morgan fingerprint density at radius 2 is 1.61 bits per heavy atom. The second-order valence-corrected chi connectivity index (χ2v) is 7.26. The molecule has 0 bridgehead atoms. The molecule has 1 unspecified atom stereocenters. The molecule has 2 aromatic carbocycles. The molecule has 31 heavy (non-hydrogen) atoms. The van der Waals surface area contributed by atoms with Crippen LogP contribution < -0.4 is 10.6 Å². The summed E-state index contributed by atoms with van der Waals surface area (Å²) in [7, 11) is 1.44. The first-order valence-corrected chi connectivity index (χ1v) is 10.1. The number of hydrogen-bond donors (Lipinski definition) is 3. The molecule has 0 saturated carbocycles. The van der Waals surface area contributed by atoms with Crippen LogP contribution in [0, 0.1) is 0 Å². The van der Waals surface area contributed by atoms with Crippen LogP contribution >= 0.6 is 0 Å². The van der Waals surface area contributed by atoms with Gasteiger partial charge in [-0.15, -0.1) is 0 Å². The van der Waals surface area contributed by atoms with Gasteiger partial charge in [0.15, 0.2) is 0 Å². The van der Waals surface area contributed by atoms with Gasteiger partial charge in [-0.3, -0.25) is 9.59 Å². The van der Waals surface area contributed by atoms with E-state index in [1.165, 1.54) is 7.11 Å². The number of rotatable bonds is 10. The molecule has 0 saturated heterocycles. The second-order valence-electron chi connectivity index (χ2n) is 7.26. The summed E-state index contributed by atoms with van der Waals surface area (Å²) in [4.78, 5) is 34.6. The van der Waals surface area contributed by atoms with Crippen molar-refractivity contribution in [2.45, 2.75) is 24.9 Å². The van der Waals surface area contributed by atoms with Gasteiger partial charge in [-0.1, -0.05) is 48.5 Å². The molecular weight excluding hydrogens is 400 g/mol. The fourth-order valence-electron chi connectivity index (χ4n) is 3.67. The van der Waals surface area contributed by atoms with E-state index in [0.29, 0.717) is 0 Å². The van der Waals surface area contributed by atoms with Crippen molar-refractivity contribution in [1.82, 2.24) is 10.6 Å². The van der Waals surface area contributed by atoms with Crippen LogP contribution in [0.5, 0.6) is 0 Å². The molecular formula is C23H26N2O6. The van der Waals surface area contributed by atoms with E-state index in [9.17, 15) is 14.4 Å². The average Bonchev–Trinajstić information content (AvgIpc) is 3.08. The van der Waals surface area contributed by atoms with Crippen molar-refractivity contribution < 1.29 is 29.0 Å². The summed E-state index contributed by atoms with van der Waals surface area (Å²) in [5.74, 6) is -1.36. The van der Waals surface area contributed by atoms with Crippen molar-refractivity contribution >= 4 is 18.0 Å². The lowest BCUT2D eigenvalue weighted by molar-refractivity contribution is -0.136. The van der Waals surface area contributed by atoms with E-state index in [0.717, 1.165) is 22.3 Å². The van der Waals surface area contributed by atoms with Gasteiger partial charge in [0.1, 0.15) is 6.61 Å². The molecule has 0 radical (unpaired) electrons. The highest BCUT2D eigenvalue weighted by Gasteiger charge is 2.29. The minimum absolute atomic E-state index is 0.000223. The number of amides is 2. The molecule has 0 aromatic heterocycles. The van der Waals surface area contributed by atoms with Gasteiger partial charge in [0.05, 0.1) is 18.9 Å². The normalized spacial score (nSPS) is 13.1. The molecule has 2 amide bonds. The zero-order chi connectivity index (χ0) is 22.2. The molecule has 0 fully saturated rings. The SMILES string of the molecule is COC(CNC(=O)OCC1c2ccccc2-c2ccccc21)CC(=O)NCCC(=O)O. The van der Waals surface area contributed by atoms with E-state index in [2.05, 4.69) is 22.8 Å². The molecule has 2 aromatic rings. The quantitative estimate of drug-likeness (QED) is 0.538. The fraction of sp³-hybridized carbons (Fsp3) is 0.348. The predicted molar refractivity (Wildman–Crippen MR) is 114 cm³/mol. The summed E-state index contributed by atoms with van der Waals surface area (Å²) in [5, 5.41) is 13.7. The third-order valence-corrected chi connectivity index (χ3v) is 5.23. The average molecular weight is 426 g/mol. The molecule has 1 atom stereocenters. The third-order valence-electron chi connectivity index (χ3n) is 5.23. The van der Waals surface area contributed by atoms with Gasteiger partial charge < -0.3 is 25.2 Å². The van der Waals surface area contributed by atoms with Crippen molar-refractivity contribution in [3.63, 3.8) is 0 Å². The maximum absolute atomic E-state index is 12.2. The van der Waals surface area contributed by atoms with Gasteiger partial charge in [-0.2, -0.15) is 0 Å². The minimum Gasteiger partial charge on any atom is -0.481 e. The number of carboxylic acids is 1. The lowest BCUT2D eigenvalue weighted by Crippen LogP contribution is -2.38. The van der Waals surface area contributed by atoms with Crippen LogP contribution in [0.3, 0.4) is 0 Å². The molecule has 3 N–H and O–H groups in total. The minimum atomic E-state index is -0.986. The molecule has 164 valence electrons. The van der Waals surface area contributed by atoms with Crippen LogP contribution in [-0.4, -0.2) is 56.0 Å². The van der Waals surface area contributed by atoms with Gasteiger partial charge in [0.25, 0.3) is 0 Å². The summed E-state index contributed by atoms with van der Waals surface area (Å²) in [6.45, 7) is 0.344. The molecule has 8 heteroatoms. The summed E-state index contributed by atoms with van der Waals surface area (Å²) in [6, 6.07) is 16.2. The Balaban J connectivity index is 1.48. The number of carbonyl (C=O) groups is 3. The lowest BCUT2D eigenvalue weighted by Gasteiger charge is -2.17. The first-order valence-electron chi connectivity index (χ1n) is 10.1. The molecule has 1 aliphatic carbocycles. The zero-order valence-electron chi connectivity index (χ0n) is 17.3. The highest BCUT2D eigenvalue weighted by atomic mass is 16.5. The molecule has 0 spiro atoms. The van der Waals surface area contributed by atoms with Crippen molar-refractivity contribution in [2.24, 2.45) is 0 Å². The fourth-order valence-corrected chi connectivity index (χ4v) is 3.67. The van der Waals surface area contributed by atoms with E-state index in [1.807, 2.05) is 36.4 Å². The van der Waals surface area contributed by atoms with Gasteiger partial charge in [0, 0.05) is 26.1 Å². The van der Waals surface area contributed by atoms with Gasteiger partial charge in [0.2, 0.25) is 5.91 Å². The van der Waals surface area contributed by atoms with Crippen LogP contribution in [0.1, 0.15) is 29.9 Å². The summed E-state index contributed by atoms with van der Waals surface area (Å²) < 4.78 is 10.7. The van der Waals surface area contributed by atoms with Crippen LogP contribution in [0.2, 0.25) is 0 Å². The van der Waals surface area contributed by atoms with Gasteiger partial charge in [-0.25, -0.2) is 4.79 Å². The number of aliphatic carboxylic acids is 1. The Labute approximate surface area is 180 Å². The van der Waals surface area contributed by atoms with E-state index >= 15 is 0 Å². The first-order chi connectivity index (χ1) is 15.0. The number of carboxylic acid groups (broad SMARTS) is 1. The number of nitrogens with one attached hydrogen (secondary N) is 2. The van der Waals surface area contributed by atoms with Crippen LogP contribution in [0.25, 0.3) is 11.1 Å². The van der Waals surface area contributed by atoms with Crippen molar-refractivity contribution in [3.8, 4) is 11.1 Å². The maximum Gasteiger partial charge on any atom is 0.407 e. The maximum atomic E-state index is 12.2. The number of benzene rings is 2. The topological polar surface area (TPSA) is 114 Å². The Morgan fingerprint density at radius 3 is 2.19 bits per heavy atom. The Morgan fingerprint density at radius 1 is 1.00 bits per heavy atom. The highest BCUT2D eigenvalue weighted by Crippen LogP contribution is 2.44. The van der Waals surface area contributed by atoms with Gasteiger partial charge >= 0.3 is 12.1 Å². The number of ether oxygens (including phenoxy) is 2. The first kappa shape index (κ1) is 22.3. The molecule has 0 aliphatic heterocycles. The number of fused-ring (bicyclic) bond motifs is 3. The number of carbonyl (C=O) groups excluding carboxylic acids is 2. The van der Waals surface area contributed by atoms with Gasteiger partial charge in [-0.05, 0) is 22.3 Å². The zero-order valence-corrected chi connectivity index (χ0v) is 17.3. The van der Waals surface area contributed by atoms with E-state index < -0.39 is 18.2 Å². The smallest absolute Gasteiger partial charge is 0.407 e. The molecule has 1 aliphatic rings. The summed E-state index contributed by atoms with van der Waals surface area (Å²) in [5.41, 5.74) is 4.56. The largest absolute Gasteiger partial charge is 0.481 e. The Bertz CT molecular complexity index is 900. The van der Waals surface area contributed by atoms with Crippen molar-refractivity contribution in [3.05, 3.63) is 59.7 Å². The highest BCUT2D eigenvalue weighted by molar-refractivity contribution is 5.79. The standard InChI is InChI=1S/C23H26N2O6/c1-30-15(12-21(26)24-11-10-22(27)28)13-25-23(29)31-14-20-18-8-4-2-6-16(18)17-7-3-5-9-19(17)20/h2-9,15,20H,10-14H2,1H3,(H,24,26)(H,25,29)(H,27,28). The van der Waals surface area contributed by atoms with Crippen molar-refractivity contribution in [2.75, 3.05) is 26.8 Å². The van der Waals surface area contributed by atoms with Crippen LogP contribution in [0.4, 0.5) is 4.79 Å². The predicted octanol–water partition coefficient (Wildman–Crippen LogP) is 2.52. The van der Waals surface area contributed by atoms with Crippen LogP contribution in [0.15, 0.2) is 48.5 Å². The summed E-state index contributed by atoms with van der Waals surface area (Å²) >= 11 is 0. The molecule has 3 rings (SSSR count). The van der Waals surface area contributed by atoms with Crippen molar-refractivity contribution in [1.29, 1.82) is 0 Å². The van der Waals surface area contributed by atoms with E-state index in [-0.39, 0.29) is 44.4 Å². The Hall–Kier alpha value is -3.39. The van der Waals surface area contributed by atoms with Crippen LogP contribution in [-0.2, 0) is 19.1 Å². The van der Waals surface area contributed by atoms with E-state index in [4.69, 9.17) is 14.6 Å². The number of methoxy groups -OCH3 is 1. The lowest BCUT2D eigenvalue weighted by atomic mass is 9.98. The third kappa shape index (κ3) is 5.82.